The molecular formula is C31H33ClN4O3. The molecule has 1 saturated heterocycles. The van der Waals surface area contributed by atoms with Crippen LogP contribution in [0.2, 0.25) is 5.02 Å². The number of halogens is 1. The standard InChI is InChI=1S/C31H33ClN4O3/c1-21(2)17-24-10-11-25(18-27(24)32)29-34-28(35-39-29)23-8-6-22(7-9-23)20-36-15-12-31(13-16-36,30(37)38)19-26-5-3-4-14-33-26/h3-11,14,18,21H,12-13,15-17,19-20H2,1-2H3,(H,37,38). The fraction of sp³-hybridized carbons (Fsp3) is 0.355. The smallest absolute Gasteiger partial charge is 0.310 e. The van der Waals surface area contributed by atoms with Gasteiger partial charge in [-0.2, -0.15) is 4.98 Å². The number of aliphatic carboxylic acids is 1. The third-order valence-electron chi connectivity index (χ3n) is 7.49. The maximum Gasteiger partial charge on any atom is 0.310 e. The summed E-state index contributed by atoms with van der Waals surface area (Å²) in [4.78, 5) is 23.5. The van der Waals surface area contributed by atoms with Crippen LogP contribution in [-0.4, -0.2) is 44.2 Å². The van der Waals surface area contributed by atoms with Gasteiger partial charge in [0.15, 0.2) is 0 Å². The number of nitrogens with zero attached hydrogens (tertiary/aromatic N) is 4. The highest BCUT2D eigenvalue weighted by Gasteiger charge is 2.41. The molecular weight excluding hydrogens is 512 g/mol. The van der Waals surface area contributed by atoms with Gasteiger partial charge in [0.05, 0.1) is 5.41 Å². The van der Waals surface area contributed by atoms with Gasteiger partial charge in [0.25, 0.3) is 5.89 Å². The van der Waals surface area contributed by atoms with Crippen LogP contribution in [-0.2, 0) is 24.2 Å². The molecule has 0 spiro atoms. The number of hydrogen-bond acceptors (Lipinski definition) is 6. The summed E-state index contributed by atoms with van der Waals surface area (Å²) in [6, 6.07) is 19.7. The number of likely N-dealkylation sites (tertiary alicyclic amines) is 1. The minimum Gasteiger partial charge on any atom is -0.481 e. The van der Waals surface area contributed by atoms with Gasteiger partial charge in [-0.25, -0.2) is 0 Å². The molecule has 0 bridgehead atoms. The van der Waals surface area contributed by atoms with Crippen molar-refractivity contribution in [2.45, 2.75) is 46.1 Å². The van der Waals surface area contributed by atoms with Crippen molar-refractivity contribution in [3.05, 3.63) is 88.7 Å². The van der Waals surface area contributed by atoms with Gasteiger partial charge in [0.1, 0.15) is 0 Å². The summed E-state index contributed by atoms with van der Waals surface area (Å²) < 4.78 is 5.53. The van der Waals surface area contributed by atoms with Crippen LogP contribution in [0.25, 0.3) is 22.8 Å². The number of benzene rings is 2. The Morgan fingerprint density at radius 1 is 1.08 bits per heavy atom. The van der Waals surface area contributed by atoms with Gasteiger partial charge in [-0.3, -0.25) is 14.7 Å². The van der Waals surface area contributed by atoms with Crippen molar-refractivity contribution < 1.29 is 14.4 Å². The summed E-state index contributed by atoms with van der Waals surface area (Å²) >= 11 is 6.49. The molecule has 39 heavy (non-hydrogen) atoms. The summed E-state index contributed by atoms with van der Waals surface area (Å²) in [5.74, 6) is 0.757. The number of carbonyl (C=O) groups is 1. The van der Waals surface area contributed by atoms with Gasteiger partial charge in [-0.1, -0.05) is 67.0 Å². The second kappa shape index (κ2) is 11.7. The molecule has 0 radical (unpaired) electrons. The molecule has 2 aromatic heterocycles. The molecule has 0 amide bonds. The van der Waals surface area contributed by atoms with Crippen molar-refractivity contribution in [3.8, 4) is 22.8 Å². The molecule has 0 unspecified atom stereocenters. The SMILES string of the molecule is CC(C)Cc1ccc(-c2nc(-c3ccc(CN4CCC(Cc5ccccn5)(C(=O)O)CC4)cc3)no2)cc1Cl. The molecule has 1 aliphatic rings. The van der Waals surface area contributed by atoms with E-state index in [-0.39, 0.29) is 0 Å². The molecule has 8 heteroatoms. The highest BCUT2D eigenvalue weighted by Crippen LogP contribution is 2.36. The maximum absolute atomic E-state index is 12.2. The van der Waals surface area contributed by atoms with E-state index < -0.39 is 11.4 Å². The van der Waals surface area contributed by atoms with E-state index in [2.05, 4.69) is 46.0 Å². The molecule has 1 aliphatic heterocycles. The predicted molar refractivity (Wildman–Crippen MR) is 151 cm³/mol. The first-order valence-corrected chi connectivity index (χ1v) is 13.8. The molecule has 5 rings (SSSR count). The average molecular weight is 545 g/mol. The third-order valence-corrected chi connectivity index (χ3v) is 7.84. The van der Waals surface area contributed by atoms with Gasteiger partial charge in [0, 0.05) is 41.0 Å². The summed E-state index contributed by atoms with van der Waals surface area (Å²) in [6.45, 7) is 6.56. The Kier molecular flexibility index (Phi) is 8.10. The fourth-order valence-electron chi connectivity index (χ4n) is 5.22. The van der Waals surface area contributed by atoms with Gasteiger partial charge >= 0.3 is 5.97 Å². The molecule has 0 saturated carbocycles. The highest BCUT2D eigenvalue weighted by molar-refractivity contribution is 6.31. The first kappa shape index (κ1) is 27.0. The van der Waals surface area contributed by atoms with E-state index in [1.807, 2.05) is 48.5 Å². The van der Waals surface area contributed by atoms with E-state index in [1.165, 1.54) is 0 Å². The van der Waals surface area contributed by atoms with Crippen molar-refractivity contribution in [1.29, 1.82) is 0 Å². The molecule has 1 N–H and O–H groups in total. The Morgan fingerprint density at radius 3 is 2.46 bits per heavy atom. The molecule has 0 aliphatic carbocycles. The Bertz CT molecular complexity index is 1410. The van der Waals surface area contributed by atoms with E-state index >= 15 is 0 Å². The summed E-state index contributed by atoms with van der Waals surface area (Å²) in [5, 5.41) is 14.9. The van der Waals surface area contributed by atoms with Crippen LogP contribution >= 0.6 is 11.6 Å². The van der Waals surface area contributed by atoms with E-state index in [0.29, 0.717) is 41.9 Å². The molecule has 202 valence electrons. The number of rotatable bonds is 9. The van der Waals surface area contributed by atoms with Crippen LogP contribution < -0.4 is 0 Å². The van der Waals surface area contributed by atoms with E-state index in [9.17, 15) is 9.90 Å². The Hall–Kier alpha value is -3.55. The number of pyridine rings is 1. The van der Waals surface area contributed by atoms with Crippen molar-refractivity contribution in [2.75, 3.05) is 13.1 Å². The molecule has 7 nitrogen and oxygen atoms in total. The lowest BCUT2D eigenvalue weighted by molar-refractivity contribution is -0.152. The van der Waals surface area contributed by atoms with E-state index in [1.54, 1.807) is 6.20 Å². The third kappa shape index (κ3) is 6.37. The predicted octanol–water partition coefficient (Wildman–Crippen LogP) is 6.56. The van der Waals surface area contributed by atoms with Gasteiger partial charge in [-0.05, 0) is 73.7 Å². The lowest BCUT2D eigenvalue weighted by Crippen LogP contribution is -2.45. The summed E-state index contributed by atoms with van der Waals surface area (Å²) in [7, 11) is 0. The van der Waals surface area contributed by atoms with Crippen LogP contribution in [0, 0.1) is 11.3 Å². The van der Waals surface area contributed by atoms with Crippen LogP contribution in [0.5, 0.6) is 0 Å². The first-order chi connectivity index (χ1) is 18.8. The van der Waals surface area contributed by atoms with Crippen molar-refractivity contribution >= 4 is 17.6 Å². The van der Waals surface area contributed by atoms with Gasteiger partial charge in [0.2, 0.25) is 5.82 Å². The lowest BCUT2D eigenvalue weighted by atomic mass is 9.74. The Labute approximate surface area is 233 Å². The maximum atomic E-state index is 12.2. The van der Waals surface area contributed by atoms with Crippen LogP contribution in [0.3, 0.4) is 0 Å². The topological polar surface area (TPSA) is 92.4 Å². The molecule has 2 aromatic carbocycles. The fourth-order valence-corrected chi connectivity index (χ4v) is 5.47. The largest absolute Gasteiger partial charge is 0.481 e. The van der Waals surface area contributed by atoms with Crippen LogP contribution in [0.4, 0.5) is 0 Å². The van der Waals surface area contributed by atoms with Crippen LogP contribution in [0.15, 0.2) is 71.4 Å². The number of hydrogen-bond donors (Lipinski definition) is 1. The van der Waals surface area contributed by atoms with E-state index in [4.69, 9.17) is 16.1 Å². The second-order valence-electron chi connectivity index (χ2n) is 10.9. The number of carboxylic acids is 1. The molecule has 4 aromatic rings. The zero-order valence-corrected chi connectivity index (χ0v) is 23.1. The zero-order valence-electron chi connectivity index (χ0n) is 22.3. The summed E-state index contributed by atoms with van der Waals surface area (Å²) in [6.07, 6.45) is 4.31. The monoisotopic (exact) mass is 544 g/mol. The van der Waals surface area contributed by atoms with Gasteiger partial charge < -0.3 is 9.63 Å². The van der Waals surface area contributed by atoms with Crippen LogP contribution in [0.1, 0.15) is 43.5 Å². The van der Waals surface area contributed by atoms with Crippen molar-refractivity contribution in [3.63, 3.8) is 0 Å². The number of piperidine rings is 1. The van der Waals surface area contributed by atoms with Gasteiger partial charge in [-0.15, -0.1) is 0 Å². The minimum absolute atomic E-state index is 0.438. The van der Waals surface area contributed by atoms with E-state index in [0.717, 1.165) is 54.0 Å². The Balaban J connectivity index is 1.20. The van der Waals surface area contributed by atoms with Crippen molar-refractivity contribution in [2.24, 2.45) is 11.3 Å². The normalized spacial score (nSPS) is 15.5. The lowest BCUT2D eigenvalue weighted by Gasteiger charge is -2.38. The van der Waals surface area contributed by atoms with Crippen molar-refractivity contribution in [1.82, 2.24) is 20.0 Å². The number of aromatic nitrogens is 3. The quantitative estimate of drug-likeness (QED) is 0.255. The minimum atomic E-state index is -0.760. The first-order valence-electron chi connectivity index (χ1n) is 13.4. The molecule has 3 heterocycles. The molecule has 0 atom stereocenters. The zero-order chi connectivity index (χ0) is 27.4. The summed E-state index contributed by atoms with van der Waals surface area (Å²) in [5.41, 5.74) is 4.01. The second-order valence-corrected chi connectivity index (χ2v) is 11.3. The number of carboxylic acid groups (broad SMARTS) is 1. The molecule has 1 fully saturated rings. The Morgan fingerprint density at radius 2 is 1.82 bits per heavy atom. The average Bonchev–Trinajstić information content (AvgIpc) is 3.42. The highest BCUT2D eigenvalue weighted by atomic mass is 35.5.